The van der Waals surface area contributed by atoms with Crippen LogP contribution in [0.1, 0.15) is 5.56 Å². The van der Waals surface area contributed by atoms with E-state index in [9.17, 15) is 10.1 Å². The molecule has 2 rings (SSSR count). The summed E-state index contributed by atoms with van der Waals surface area (Å²) in [6.07, 6.45) is 0. The third kappa shape index (κ3) is 3.20. The van der Waals surface area contributed by atoms with Gasteiger partial charge in [-0.25, -0.2) is 0 Å². The first-order valence-corrected chi connectivity index (χ1v) is 7.43. The average Bonchev–Trinajstić information content (AvgIpc) is 2.76. The second-order valence-corrected chi connectivity index (χ2v) is 6.01. The molecule has 0 atom stereocenters. The van der Waals surface area contributed by atoms with Gasteiger partial charge < -0.3 is 4.74 Å². The number of thiazole rings is 1. The van der Waals surface area contributed by atoms with E-state index < -0.39 is 4.92 Å². The number of ether oxygens (including phenoxy) is 1. The molecule has 0 aliphatic carbocycles. The van der Waals surface area contributed by atoms with Crippen LogP contribution in [-0.4, -0.2) is 9.91 Å². The first kappa shape index (κ1) is 14.2. The lowest BCUT2D eigenvalue weighted by Crippen LogP contribution is -1.97. The fourth-order valence-corrected chi connectivity index (χ4v) is 3.07. The lowest BCUT2D eigenvalue weighted by atomic mass is 10.2. The molecule has 1 aromatic heterocycles. The van der Waals surface area contributed by atoms with Crippen molar-refractivity contribution in [3.8, 4) is 17.0 Å². The number of hydrogen-bond acceptors (Lipinski definition) is 6. The number of nitrogens with zero attached hydrogens (tertiary/aromatic N) is 3. The van der Waals surface area contributed by atoms with Gasteiger partial charge in [0, 0.05) is 11.4 Å². The van der Waals surface area contributed by atoms with Crippen LogP contribution < -0.4 is 4.74 Å². The van der Waals surface area contributed by atoms with Crippen LogP contribution in [0.15, 0.2) is 22.1 Å². The SMILES string of the molecule is N#Cc1cc(I)c(Oc2nc(Br)cs2)c([N+](=O)[O-])c1. The highest BCUT2D eigenvalue weighted by Gasteiger charge is 2.22. The molecule has 9 heteroatoms. The molecule has 0 spiro atoms. The summed E-state index contributed by atoms with van der Waals surface area (Å²) in [6, 6.07) is 4.57. The van der Waals surface area contributed by atoms with Crippen LogP contribution in [0.4, 0.5) is 5.69 Å². The van der Waals surface area contributed by atoms with Crippen molar-refractivity contribution in [3.63, 3.8) is 0 Å². The van der Waals surface area contributed by atoms with E-state index in [1.807, 2.05) is 28.7 Å². The molecule has 0 aliphatic rings. The standard InChI is InChI=1S/C10H3BrIN3O3S/c11-8-4-19-10(14-8)18-9-6(12)1-5(3-13)2-7(9)15(16)17/h1-2,4H. The number of nitriles is 1. The van der Waals surface area contributed by atoms with E-state index in [0.29, 0.717) is 8.17 Å². The van der Waals surface area contributed by atoms with Crippen molar-refractivity contribution in [2.24, 2.45) is 0 Å². The monoisotopic (exact) mass is 451 g/mol. The van der Waals surface area contributed by atoms with E-state index >= 15 is 0 Å². The molecule has 19 heavy (non-hydrogen) atoms. The zero-order chi connectivity index (χ0) is 14.0. The van der Waals surface area contributed by atoms with E-state index in [-0.39, 0.29) is 22.2 Å². The van der Waals surface area contributed by atoms with Gasteiger partial charge in [-0.3, -0.25) is 10.1 Å². The third-order valence-corrected chi connectivity index (χ3v) is 4.22. The zero-order valence-electron chi connectivity index (χ0n) is 8.96. The molecule has 96 valence electrons. The Morgan fingerprint density at radius 2 is 2.32 bits per heavy atom. The van der Waals surface area contributed by atoms with E-state index in [0.717, 1.165) is 0 Å². The van der Waals surface area contributed by atoms with Gasteiger partial charge in [0.2, 0.25) is 5.75 Å². The number of halogens is 2. The molecule has 1 aromatic carbocycles. The fourth-order valence-electron chi connectivity index (χ4n) is 1.25. The summed E-state index contributed by atoms with van der Waals surface area (Å²) >= 11 is 6.27. The second kappa shape index (κ2) is 5.81. The predicted molar refractivity (Wildman–Crippen MR) is 80.4 cm³/mol. The van der Waals surface area contributed by atoms with Crippen molar-refractivity contribution in [3.05, 3.63) is 41.4 Å². The smallest absolute Gasteiger partial charge is 0.314 e. The molecule has 6 nitrogen and oxygen atoms in total. The molecule has 0 saturated carbocycles. The summed E-state index contributed by atoms with van der Waals surface area (Å²) in [5.41, 5.74) is -0.0430. The summed E-state index contributed by atoms with van der Waals surface area (Å²) in [5.74, 6) is 0.0893. The maximum Gasteiger partial charge on any atom is 0.314 e. The van der Waals surface area contributed by atoms with Crippen LogP contribution in [0.25, 0.3) is 0 Å². The van der Waals surface area contributed by atoms with Gasteiger partial charge in [-0.05, 0) is 44.6 Å². The number of nitro benzene ring substituents is 1. The van der Waals surface area contributed by atoms with Crippen LogP contribution in [0.2, 0.25) is 0 Å². The van der Waals surface area contributed by atoms with Crippen molar-refractivity contribution in [1.29, 1.82) is 5.26 Å². The van der Waals surface area contributed by atoms with Gasteiger partial charge in [-0.15, -0.1) is 0 Å². The minimum Gasteiger partial charge on any atom is -0.422 e. The number of nitro groups is 1. The Hall–Kier alpha value is -1.25. The van der Waals surface area contributed by atoms with Crippen molar-refractivity contribution < 1.29 is 9.66 Å². The Bertz CT molecular complexity index is 698. The maximum absolute atomic E-state index is 11.0. The average molecular weight is 452 g/mol. The van der Waals surface area contributed by atoms with Gasteiger partial charge in [0.1, 0.15) is 4.60 Å². The highest BCUT2D eigenvalue weighted by atomic mass is 127. The van der Waals surface area contributed by atoms with Gasteiger partial charge in [0.05, 0.1) is 20.1 Å². The van der Waals surface area contributed by atoms with Crippen molar-refractivity contribution in [1.82, 2.24) is 4.98 Å². The molecule has 0 fully saturated rings. The van der Waals surface area contributed by atoms with Crippen LogP contribution >= 0.6 is 49.9 Å². The van der Waals surface area contributed by atoms with E-state index in [1.165, 1.54) is 23.5 Å². The van der Waals surface area contributed by atoms with Gasteiger partial charge in [-0.1, -0.05) is 11.3 Å². The van der Waals surface area contributed by atoms with Crippen LogP contribution in [0, 0.1) is 25.0 Å². The Labute approximate surface area is 133 Å². The summed E-state index contributed by atoms with van der Waals surface area (Å²) in [7, 11) is 0. The van der Waals surface area contributed by atoms with E-state index in [1.54, 1.807) is 5.38 Å². The molecule has 2 aromatic rings. The highest BCUT2D eigenvalue weighted by molar-refractivity contribution is 14.1. The largest absolute Gasteiger partial charge is 0.422 e. The summed E-state index contributed by atoms with van der Waals surface area (Å²) < 4.78 is 6.52. The number of benzene rings is 1. The molecule has 0 amide bonds. The molecular formula is C10H3BrIN3O3S. The molecule has 0 bridgehead atoms. The van der Waals surface area contributed by atoms with Crippen molar-refractivity contribution >= 4 is 55.5 Å². The van der Waals surface area contributed by atoms with E-state index in [2.05, 4.69) is 20.9 Å². The highest BCUT2D eigenvalue weighted by Crippen LogP contribution is 2.38. The molecule has 0 radical (unpaired) electrons. The van der Waals surface area contributed by atoms with Gasteiger partial charge in [0.25, 0.3) is 5.19 Å². The van der Waals surface area contributed by atoms with Crippen molar-refractivity contribution in [2.75, 3.05) is 0 Å². The normalized spacial score (nSPS) is 9.95. The summed E-state index contributed by atoms with van der Waals surface area (Å²) in [5, 5.41) is 21.8. The minimum atomic E-state index is -0.582. The summed E-state index contributed by atoms with van der Waals surface area (Å²) in [6.45, 7) is 0. The molecule has 0 aliphatic heterocycles. The van der Waals surface area contributed by atoms with Crippen LogP contribution in [0.3, 0.4) is 0 Å². The third-order valence-electron chi connectivity index (χ3n) is 1.99. The summed E-state index contributed by atoms with van der Waals surface area (Å²) in [4.78, 5) is 14.5. The Balaban J connectivity index is 2.50. The first-order chi connectivity index (χ1) is 9.01. The van der Waals surface area contributed by atoms with Crippen LogP contribution in [-0.2, 0) is 0 Å². The van der Waals surface area contributed by atoms with Crippen molar-refractivity contribution in [2.45, 2.75) is 0 Å². The predicted octanol–water partition coefficient (Wildman–Crippen LogP) is 4.08. The molecule has 0 saturated heterocycles. The number of hydrogen-bond donors (Lipinski definition) is 0. The molecule has 1 heterocycles. The molecule has 0 N–H and O–H groups in total. The Kier molecular flexibility index (Phi) is 4.33. The van der Waals surface area contributed by atoms with Gasteiger partial charge >= 0.3 is 5.69 Å². The topological polar surface area (TPSA) is 89.0 Å². The van der Waals surface area contributed by atoms with E-state index in [4.69, 9.17) is 10.00 Å². The number of aromatic nitrogens is 1. The fraction of sp³-hybridized carbons (Fsp3) is 0. The minimum absolute atomic E-state index is 0.0893. The quantitative estimate of drug-likeness (QED) is 0.398. The maximum atomic E-state index is 11.0. The second-order valence-electron chi connectivity index (χ2n) is 3.21. The Morgan fingerprint density at radius 1 is 1.58 bits per heavy atom. The molecule has 0 unspecified atom stereocenters. The lowest BCUT2D eigenvalue weighted by molar-refractivity contribution is -0.385. The van der Waals surface area contributed by atoms with Crippen LogP contribution in [0.5, 0.6) is 10.9 Å². The Morgan fingerprint density at radius 3 is 2.84 bits per heavy atom. The van der Waals surface area contributed by atoms with Gasteiger partial charge in [0.15, 0.2) is 0 Å². The zero-order valence-corrected chi connectivity index (χ0v) is 13.5. The van der Waals surface area contributed by atoms with Gasteiger partial charge in [-0.2, -0.15) is 10.2 Å². The number of rotatable bonds is 3. The first-order valence-electron chi connectivity index (χ1n) is 4.68. The molecular weight excluding hydrogens is 449 g/mol. The lowest BCUT2D eigenvalue weighted by Gasteiger charge is -2.05.